The van der Waals surface area contributed by atoms with Crippen molar-refractivity contribution in [3.05, 3.63) is 0 Å². The van der Waals surface area contributed by atoms with Gasteiger partial charge >= 0.3 is 36.8 Å². The van der Waals surface area contributed by atoms with Crippen LogP contribution in [0.25, 0.3) is 0 Å². The predicted octanol–water partition coefficient (Wildman–Crippen LogP) is 0.994. The SMILES string of the molecule is O=S(=O)(O)C(F)(F)C(F)(F)C(F)(F)S(=O)(=O)F. The Bertz CT molecular complexity index is 458. The zero-order valence-electron chi connectivity index (χ0n) is 7.04. The van der Waals surface area contributed by atoms with E-state index in [2.05, 4.69) is 0 Å². The molecule has 0 radical (unpaired) electrons. The van der Waals surface area contributed by atoms with Crippen molar-refractivity contribution in [2.45, 2.75) is 16.4 Å². The predicted molar refractivity (Wildman–Crippen MR) is 36.4 cm³/mol. The molecule has 0 unspecified atom stereocenters. The van der Waals surface area contributed by atoms with Crippen LogP contribution in [0, 0.1) is 0 Å². The van der Waals surface area contributed by atoms with Gasteiger partial charge in [0, 0.05) is 0 Å². The second-order valence-corrected chi connectivity index (χ2v) is 5.37. The van der Waals surface area contributed by atoms with Crippen molar-refractivity contribution in [3.63, 3.8) is 0 Å². The van der Waals surface area contributed by atoms with E-state index in [4.69, 9.17) is 4.55 Å². The summed E-state index contributed by atoms with van der Waals surface area (Å²) in [5, 5.41) is -13.9. The molecule has 0 aromatic rings. The zero-order valence-corrected chi connectivity index (χ0v) is 8.68. The first-order valence-corrected chi connectivity index (χ1v) is 5.87. The molecule has 0 aliphatic heterocycles. The smallest absolute Gasteiger partial charge is 0.281 e. The molecule has 0 bridgehead atoms. The minimum Gasteiger partial charge on any atom is -0.281 e. The van der Waals surface area contributed by atoms with E-state index < -0.39 is 36.8 Å². The summed E-state index contributed by atoms with van der Waals surface area (Å²) in [7, 11) is -14.6. The van der Waals surface area contributed by atoms with Gasteiger partial charge in [-0.05, 0) is 0 Å². The van der Waals surface area contributed by atoms with Crippen molar-refractivity contribution < 1.29 is 51.6 Å². The third kappa shape index (κ3) is 2.20. The highest BCUT2D eigenvalue weighted by Crippen LogP contribution is 2.50. The molecule has 0 aliphatic rings. The van der Waals surface area contributed by atoms with E-state index in [9.17, 15) is 47.1 Å². The van der Waals surface area contributed by atoms with Crippen molar-refractivity contribution in [1.29, 1.82) is 0 Å². The lowest BCUT2D eigenvalue weighted by molar-refractivity contribution is -0.246. The van der Waals surface area contributed by atoms with Crippen LogP contribution >= 0.6 is 0 Å². The maximum absolute atomic E-state index is 12.3. The normalized spacial score (nSPS) is 16.0. The van der Waals surface area contributed by atoms with E-state index in [0.29, 0.717) is 0 Å². The van der Waals surface area contributed by atoms with Gasteiger partial charge in [0.15, 0.2) is 0 Å². The summed E-state index contributed by atoms with van der Waals surface area (Å²) in [5.41, 5.74) is 0. The fourth-order valence-electron chi connectivity index (χ4n) is 0.485. The number of hydrogen-bond donors (Lipinski definition) is 1. The van der Waals surface area contributed by atoms with Gasteiger partial charge in [-0.1, -0.05) is 3.89 Å². The lowest BCUT2D eigenvalue weighted by Crippen LogP contribution is -2.59. The van der Waals surface area contributed by atoms with Crippen molar-refractivity contribution >= 4 is 20.3 Å². The molecule has 0 heterocycles. The van der Waals surface area contributed by atoms with Crippen LogP contribution in [0.2, 0.25) is 0 Å². The Kier molecular flexibility index (Phi) is 3.54. The number of rotatable bonds is 4. The van der Waals surface area contributed by atoms with Crippen LogP contribution in [-0.4, -0.2) is 37.8 Å². The van der Waals surface area contributed by atoms with Gasteiger partial charge in [-0.3, -0.25) is 4.55 Å². The third-order valence-corrected chi connectivity index (χ3v) is 3.13. The molecule has 1 N–H and O–H groups in total. The topological polar surface area (TPSA) is 88.5 Å². The second-order valence-electron chi connectivity index (χ2n) is 2.52. The number of hydrogen-bond acceptors (Lipinski definition) is 4. The van der Waals surface area contributed by atoms with Gasteiger partial charge in [0.2, 0.25) is 0 Å². The number of alkyl halides is 6. The van der Waals surface area contributed by atoms with E-state index in [0.717, 1.165) is 0 Å². The van der Waals surface area contributed by atoms with E-state index in [1.165, 1.54) is 0 Å². The average Bonchev–Trinajstić information content (AvgIpc) is 1.98. The molecule has 5 nitrogen and oxygen atoms in total. The molecule has 14 heteroatoms. The standard InChI is InChI=1S/C3HF7O5S2/c4-1(5,2(6,7)16(10,11)12)3(8,9)17(13,14)15/h(H,13,14,15). The first kappa shape index (κ1) is 16.4. The lowest BCUT2D eigenvalue weighted by Gasteiger charge is -2.27. The highest BCUT2D eigenvalue weighted by molar-refractivity contribution is 7.88. The van der Waals surface area contributed by atoms with Gasteiger partial charge < -0.3 is 0 Å². The summed E-state index contributed by atoms with van der Waals surface area (Å²) < 4.78 is 131. The van der Waals surface area contributed by atoms with Crippen molar-refractivity contribution in [1.82, 2.24) is 0 Å². The van der Waals surface area contributed by atoms with Crippen LogP contribution < -0.4 is 0 Å². The van der Waals surface area contributed by atoms with Crippen LogP contribution in [0.1, 0.15) is 0 Å². The molecule has 0 amide bonds. The molecule has 0 saturated heterocycles. The molecular formula is C3HF7O5S2. The van der Waals surface area contributed by atoms with Crippen LogP contribution in [0.3, 0.4) is 0 Å². The van der Waals surface area contributed by atoms with E-state index >= 15 is 0 Å². The molecule has 17 heavy (non-hydrogen) atoms. The van der Waals surface area contributed by atoms with Crippen LogP contribution in [-0.2, 0) is 20.3 Å². The molecule has 0 saturated carbocycles. The average molecular weight is 314 g/mol. The Labute approximate surface area is 89.2 Å². The van der Waals surface area contributed by atoms with Crippen molar-refractivity contribution in [3.8, 4) is 0 Å². The van der Waals surface area contributed by atoms with Crippen LogP contribution in [0.5, 0.6) is 0 Å². The van der Waals surface area contributed by atoms with Crippen molar-refractivity contribution in [2.24, 2.45) is 0 Å². The van der Waals surface area contributed by atoms with Crippen LogP contribution in [0.4, 0.5) is 30.2 Å². The summed E-state index contributed by atoms with van der Waals surface area (Å²) in [6, 6.07) is 0. The van der Waals surface area contributed by atoms with Crippen molar-refractivity contribution in [2.75, 3.05) is 0 Å². The molecule has 0 atom stereocenters. The quantitative estimate of drug-likeness (QED) is 0.475. The summed E-state index contributed by atoms with van der Waals surface area (Å²) in [4.78, 5) is 0. The van der Waals surface area contributed by atoms with Gasteiger partial charge in [0.1, 0.15) is 0 Å². The highest BCUT2D eigenvalue weighted by Gasteiger charge is 2.82. The Morgan fingerprint density at radius 3 is 1.24 bits per heavy atom. The Hall–Kier alpha value is -0.630. The monoisotopic (exact) mass is 314 g/mol. The molecule has 0 rings (SSSR count). The second kappa shape index (κ2) is 3.68. The molecule has 0 spiro atoms. The largest absolute Gasteiger partial charge is 0.443 e. The molecule has 0 fully saturated rings. The maximum atomic E-state index is 12.3. The minimum absolute atomic E-state index is 6.90. The zero-order chi connectivity index (χ0) is 14.5. The Morgan fingerprint density at radius 1 is 0.765 bits per heavy atom. The van der Waals surface area contributed by atoms with Gasteiger partial charge in [-0.25, -0.2) is 0 Å². The molecule has 104 valence electrons. The first-order valence-electron chi connectivity index (χ1n) is 3.05. The first-order chi connectivity index (χ1) is 7.00. The number of halogens is 7. The molecule has 0 aromatic carbocycles. The fourth-order valence-corrected chi connectivity index (χ4v) is 1.44. The summed E-state index contributed by atoms with van der Waals surface area (Å²) in [6.45, 7) is 0. The van der Waals surface area contributed by atoms with Gasteiger partial charge in [-0.15, -0.1) is 0 Å². The fraction of sp³-hybridized carbons (Fsp3) is 1.00. The van der Waals surface area contributed by atoms with Gasteiger partial charge in [-0.2, -0.15) is 43.2 Å². The summed E-state index contributed by atoms with van der Waals surface area (Å²) in [5.74, 6) is -7.21. The molecular weight excluding hydrogens is 313 g/mol. The lowest BCUT2D eigenvalue weighted by atomic mass is 10.3. The molecule has 0 aliphatic carbocycles. The Balaban J connectivity index is 6.10. The van der Waals surface area contributed by atoms with E-state index in [1.807, 2.05) is 0 Å². The van der Waals surface area contributed by atoms with Crippen LogP contribution in [0.15, 0.2) is 0 Å². The van der Waals surface area contributed by atoms with Gasteiger partial charge in [0.05, 0.1) is 0 Å². The Morgan fingerprint density at radius 2 is 1.06 bits per heavy atom. The van der Waals surface area contributed by atoms with E-state index in [1.54, 1.807) is 0 Å². The molecule has 0 aromatic heterocycles. The minimum atomic E-state index is -7.54. The summed E-state index contributed by atoms with van der Waals surface area (Å²) in [6.07, 6.45) is 0. The third-order valence-electron chi connectivity index (χ3n) is 1.36. The summed E-state index contributed by atoms with van der Waals surface area (Å²) >= 11 is 0. The highest BCUT2D eigenvalue weighted by atomic mass is 32.3. The van der Waals surface area contributed by atoms with Gasteiger partial charge in [0.25, 0.3) is 0 Å². The maximum Gasteiger partial charge on any atom is 0.443 e. The van der Waals surface area contributed by atoms with E-state index in [-0.39, 0.29) is 0 Å².